The maximum Gasteiger partial charge on any atom is 0.255 e. The average Bonchev–Trinajstić information content (AvgIpc) is 2.77. The first-order valence-corrected chi connectivity index (χ1v) is 12.9. The van der Waals surface area contributed by atoms with Gasteiger partial charge in [0.1, 0.15) is 22.8 Å². The van der Waals surface area contributed by atoms with Gasteiger partial charge < -0.3 is 31.1 Å². The number of primary amides is 1. The van der Waals surface area contributed by atoms with Gasteiger partial charge in [0.15, 0.2) is 11.4 Å². The van der Waals surface area contributed by atoms with Crippen molar-refractivity contribution in [1.82, 2.24) is 4.90 Å². The number of benzene rings is 1. The zero-order valence-electron chi connectivity index (χ0n) is 20.8. The van der Waals surface area contributed by atoms with Gasteiger partial charge in [-0.25, -0.2) is 0 Å². The molecule has 4 rings (SSSR count). The summed E-state index contributed by atoms with van der Waals surface area (Å²) in [6.07, 6.45) is 2.20. The number of Topliss-reactive ketones (excluding diaryl/α,β-unsaturated/α-hetero) is 2. The number of hydrogen-bond donors (Lipinski definition) is 5. The maximum atomic E-state index is 13.9. The lowest BCUT2D eigenvalue weighted by molar-refractivity contribution is -0.153. The molecule has 11 heteroatoms. The van der Waals surface area contributed by atoms with Crippen LogP contribution in [0.1, 0.15) is 23.1 Å². The number of thioether (sulfide) groups is 1. The monoisotopic (exact) mass is 517 g/mol. The maximum absolute atomic E-state index is 13.9. The summed E-state index contributed by atoms with van der Waals surface area (Å²) in [7, 11) is 6.82. The van der Waals surface area contributed by atoms with Crippen LogP contribution in [0.4, 0.5) is 5.69 Å². The van der Waals surface area contributed by atoms with Crippen LogP contribution in [-0.4, -0.2) is 88.9 Å². The van der Waals surface area contributed by atoms with Gasteiger partial charge in [-0.05, 0) is 50.7 Å². The molecule has 0 aromatic heterocycles. The first kappa shape index (κ1) is 26.1. The highest BCUT2D eigenvalue weighted by Gasteiger charge is 2.64. The molecule has 0 bridgehead atoms. The Morgan fingerprint density at radius 2 is 1.83 bits per heavy atom. The van der Waals surface area contributed by atoms with Crippen LogP contribution < -0.4 is 10.6 Å². The molecule has 1 aromatic rings. The van der Waals surface area contributed by atoms with Gasteiger partial charge in [-0.2, -0.15) is 11.8 Å². The van der Waals surface area contributed by atoms with Gasteiger partial charge in [0.05, 0.1) is 11.6 Å². The van der Waals surface area contributed by atoms with E-state index >= 15 is 0 Å². The number of rotatable bonds is 5. The number of fused-ring (bicyclic) bond motifs is 3. The van der Waals surface area contributed by atoms with E-state index in [1.54, 1.807) is 14.1 Å². The van der Waals surface area contributed by atoms with E-state index in [9.17, 15) is 34.8 Å². The number of aliphatic hydroxyl groups is 3. The number of phenolic OH excluding ortho intramolecular Hbond substituents is 1. The van der Waals surface area contributed by atoms with Crippen LogP contribution in [-0.2, 0) is 26.6 Å². The smallest absolute Gasteiger partial charge is 0.255 e. The number of aromatic hydroxyl groups is 1. The minimum atomic E-state index is -2.64. The van der Waals surface area contributed by atoms with Crippen LogP contribution in [0.3, 0.4) is 0 Å². The molecule has 1 aromatic carbocycles. The highest BCUT2D eigenvalue weighted by Crippen LogP contribution is 2.54. The molecule has 0 radical (unpaired) electrons. The summed E-state index contributed by atoms with van der Waals surface area (Å²) >= 11 is 1.48. The van der Waals surface area contributed by atoms with E-state index in [2.05, 4.69) is 0 Å². The normalized spacial score (nSPS) is 27.7. The summed E-state index contributed by atoms with van der Waals surface area (Å²) in [5, 5.41) is 45.0. The number of nitrogens with two attached hydrogens (primary N) is 1. The molecule has 0 heterocycles. The second-order valence-corrected chi connectivity index (χ2v) is 10.9. The molecule has 0 saturated heterocycles. The summed E-state index contributed by atoms with van der Waals surface area (Å²) in [6.45, 7) is 0. The number of carbonyl (C=O) groups excluding carboxylic acids is 3. The van der Waals surface area contributed by atoms with E-state index in [1.165, 1.54) is 16.7 Å². The largest absolute Gasteiger partial charge is 0.508 e. The second kappa shape index (κ2) is 8.82. The zero-order chi connectivity index (χ0) is 26.9. The van der Waals surface area contributed by atoms with E-state index in [-0.39, 0.29) is 29.7 Å². The van der Waals surface area contributed by atoms with Gasteiger partial charge in [-0.3, -0.25) is 19.3 Å². The fourth-order valence-corrected chi connectivity index (χ4v) is 6.54. The van der Waals surface area contributed by atoms with Crippen molar-refractivity contribution in [2.24, 2.45) is 17.6 Å². The van der Waals surface area contributed by atoms with Crippen molar-refractivity contribution >= 4 is 40.7 Å². The Labute approximate surface area is 213 Å². The SMILES string of the molecule is CSCc1cc(N(C)C)c2c(c1O)C(O)=C1C(=O)[C@]3(O)C(O)=C(C(N)=O)C(=O)[C@@H](N(C)C)[C@@H]3C[C@@H]1C2. The van der Waals surface area contributed by atoms with E-state index in [0.29, 0.717) is 16.9 Å². The van der Waals surface area contributed by atoms with Gasteiger partial charge in [0.2, 0.25) is 5.78 Å². The molecule has 0 spiro atoms. The van der Waals surface area contributed by atoms with Crippen LogP contribution in [0.15, 0.2) is 23.0 Å². The van der Waals surface area contributed by atoms with Crippen molar-refractivity contribution < 1.29 is 34.8 Å². The molecule has 1 saturated carbocycles. The first-order valence-electron chi connectivity index (χ1n) is 11.5. The second-order valence-electron chi connectivity index (χ2n) is 10.0. The number of aliphatic hydroxyl groups excluding tert-OH is 2. The summed E-state index contributed by atoms with van der Waals surface area (Å²) in [5.41, 5.74) is 3.84. The minimum Gasteiger partial charge on any atom is -0.508 e. The predicted molar refractivity (Wildman–Crippen MR) is 136 cm³/mol. The molecule has 6 N–H and O–H groups in total. The Balaban J connectivity index is 2.00. The topological polar surface area (TPSA) is 165 Å². The molecule has 3 aliphatic carbocycles. The van der Waals surface area contributed by atoms with Gasteiger partial charge in [0.25, 0.3) is 5.91 Å². The Hall–Kier alpha value is -3.02. The number of amides is 1. The van der Waals surface area contributed by atoms with Crippen LogP contribution in [0.2, 0.25) is 0 Å². The first-order chi connectivity index (χ1) is 16.8. The van der Waals surface area contributed by atoms with Crippen molar-refractivity contribution in [2.45, 2.75) is 30.2 Å². The molecule has 10 nitrogen and oxygen atoms in total. The molecule has 1 fully saturated rings. The van der Waals surface area contributed by atoms with Gasteiger partial charge in [0, 0.05) is 42.6 Å². The highest BCUT2D eigenvalue weighted by atomic mass is 32.2. The Kier molecular flexibility index (Phi) is 6.39. The molecule has 3 aliphatic rings. The predicted octanol–water partition coefficient (Wildman–Crippen LogP) is 0.893. The third-order valence-corrected chi connectivity index (χ3v) is 8.16. The molecular weight excluding hydrogens is 486 g/mol. The summed E-state index contributed by atoms with van der Waals surface area (Å²) in [5.74, 6) is -5.99. The minimum absolute atomic E-state index is 0.0615. The third-order valence-electron chi connectivity index (χ3n) is 7.56. The highest BCUT2D eigenvalue weighted by molar-refractivity contribution is 7.97. The number of anilines is 1. The number of likely N-dealkylation sites (N-methyl/N-ethyl adjacent to an activating group) is 1. The number of nitrogens with zero attached hydrogens (tertiary/aromatic N) is 2. The van der Waals surface area contributed by atoms with Crippen LogP contribution in [0, 0.1) is 11.8 Å². The van der Waals surface area contributed by atoms with E-state index in [0.717, 1.165) is 5.69 Å². The Morgan fingerprint density at radius 1 is 1.19 bits per heavy atom. The standard InChI is InChI=1S/C25H31N3O7S/c1-27(2)14-8-11(9-36-5)19(29)16-12(14)6-10-7-13-18(28(3)4)21(31)17(24(26)34)23(33)25(13,35)22(32)15(10)20(16)30/h8,10,13,18,29-30,33,35H,6-7,9H2,1-5H3,(H2,26,34)/t10-,13-,18-,25-/m0/s1. The molecule has 194 valence electrons. The molecule has 36 heavy (non-hydrogen) atoms. The van der Waals surface area contributed by atoms with Crippen LogP contribution in [0.25, 0.3) is 5.76 Å². The lowest BCUT2D eigenvalue weighted by Crippen LogP contribution is -2.65. The fourth-order valence-electron chi connectivity index (χ4n) is 6.01. The van der Waals surface area contributed by atoms with Crippen LogP contribution in [0.5, 0.6) is 5.75 Å². The lowest BCUT2D eigenvalue weighted by Gasteiger charge is -2.50. The summed E-state index contributed by atoms with van der Waals surface area (Å²) in [4.78, 5) is 42.4. The fraction of sp³-hybridized carbons (Fsp3) is 0.480. The van der Waals surface area contributed by atoms with E-state index in [4.69, 9.17) is 5.73 Å². The number of carbonyl (C=O) groups is 3. The van der Waals surface area contributed by atoms with Crippen LogP contribution >= 0.6 is 11.8 Å². The van der Waals surface area contributed by atoms with Crippen molar-refractivity contribution in [2.75, 3.05) is 39.3 Å². The van der Waals surface area contributed by atoms with E-state index < -0.39 is 58.0 Å². The average molecular weight is 518 g/mol. The van der Waals surface area contributed by atoms with Crippen molar-refractivity contribution in [3.05, 3.63) is 39.7 Å². The summed E-state index contributed by atoms with van der Waals surface area (Å²) in [6, 6.07) is 0.748. The van der Waals surface area contributed by atoms with Gasteiger partial charge >= 0.3 is 0 Å². The molecule has 1 amide bonds. The van der Waals surface area contributed by atoms with Crippen molar-refractivity contribution in [1.29, 1.82) is 0 Å². The van der Waals surface area contributed by atoms with Gasteiger partial charge in [-0.15, -0.1) is 0 Å². The lowest BCUT2D eigenvalue weighted by atomic mass is 9.57. The zero-order valence-corrected chi connectivity index (χ0v) is 21.6. The quantitative estimate of drug-likeness (QED) is 0.354. The third kappa shape index (κ3) is 3.44. The van der Waals surface area contributed by atoms with Crippen molar-refractivity contribution in [3.63, 3.8) is 0 Å². The molecule has 4 atom stereocenters. The Bertz CT molecular complexity index is 1250. The number of ketones is 2. The molecular formula is C25H31N3O7S. The van der Waals surface area contributed by atoms with Gasteiger partial charge in [-0.1, -0.05) is 0 Å². The molecule has 0 aliphatic heterocycles. The Morgan fingerprint density at radius 3 is 2.36 bits per heavy atom. The van der Waals surface area contributed by atoms with Crippen molar-refractivity contribution in [3.8, 4) is 5.75 Å². The summed E-state index contributed by atoms with van der Waals surface area (Å²) < 4.78 is 0. The number of hydrogen-bond acceptors (Lipinski definition) is 10. The molecule has 0 unspecified atom stereocenters. The number of phenols is 1. The van der Waals surface area contributed by atoms with E-state index in [1.807, 2.05) is 31.3 Å².